The topological polar surface area (TPSA) is 99.8 Å². The first-order chi connectivity index (χ1) is 12.5. The van der Waals surface area contributed by atoms with Gasteiger partial charge < -0.3 is 15.2 Å². The van der Waals surface area contributed by atoms with Crippen molar-refractivity contribution in [3.05, 3.63) is 17.0 Å². The van der Waals surface area contributed by atoms with Crippen molar-refractivity contribution in [3.63, 3.8) is 0 Å². The van der Waals surface area contributed by atoms with Gasteiger partial charge in [0.15, 0.2) is 15.8 Å². The van der Waals surface area contributed by atoms with E-state index in [9.17, 15) is 8.42 Å². The lowest BCUT2D eigenvalue weighted by molar-refractivity contribution is 0.299. The molecule has 1 saturated heterocycles. The molecule has 0 amide bonds. The van der Waals surface area contributed by atoms with E-state index < -0.39 is 9.84 Å². The molecule has 0 radical (unpaired) electrons. The molecule has 1 aromatic heterocycles. The van der Waals surface area contributed by atoms with Crippen LogP contribution in [0.3, 0.4) is 0 Å². The molecular weight excluding hydrogens is 481 g/mol. The molecule has 0 aliphatic carbocycles. The quantitative estimate of drug-likeness (QED) is 0.306. The lowest BCUT2D eigenvalue weighted by Crippen LogP contribution is -2.45. The number of aromatic nitrogens is 1. The maximum Gasteiger partial charge on any atom is 0.191 e. The van der Waals surface area contributed by atoms with Gasteiger partial charge >= 0.3 is 0 Å². The molecular formula is C17H32IN5O3S. The fraction of sp³-hybridized carbons (Fsp3) is 0.765. The van der Waals surface area contributed by atoms with Crippen LogP contribution in [0.25, 0.3) is 0 Å². The van der Waals surface area contributed by atoms with Gasteiger partial charge in [-0.1, -0.05) is 19.0 Å². The Kier molecular flexibility index (Phi) is 10.6. The van der Waals surface area contributed by atoms with Gasteiger partial charge in [-0.2, -0.15) is 0 Å². The van der Waals surface area contributed by atoms with E-state index in [1.54, 1.807) is 0 Å². The van der Waals surface area contributed by atoms with Crippen molar-refractivity contribution >= 4 is 39.8 Å². The highest BCUT2D eigenvalue weighted by molar-refractivity contribution is 14.0. The Morgan fingerprint density at radius 1 is 1.19 bits per heavy atom. The van der Waals surface area contributed by atoms with Gasteiger partial charge in [0, 0.05) is 44.7 Å². The van der Waals surface area contributed by atoms with E-state index in [2.05, 4.69) is 39.5 Å². The first-order valence-electron chi connectivity index (χ1n) is 9.40. The van der Waals surface area contributed by atoms with Crippen LogP contribution in [0.5, 0.6) is 0 Å². The third-order valence-electron chi connectivity index (χ3n) is 4.50. The highest BCUT2D eigenvalue weighted by Gasteiger charge is 2.21. The molecule has 0 saturated carbocycles. The molecule has 1 aliphatic heterocycles. The van der Waals surface area contributed by atoms with Crippen LogP contribution < -0.4 is 10.6 Å². The van der Waals surface area contributed by atoms with Crippen molar-refractivity contribution in [2.75, 3.05) is 44.2 Å². The van der Waals surface area contributed by atoms with E-state index in [-0.39, 0.29) is 35.5 Å². The van der Waals surface area contributed by atoms with E-state index >= 15 is 0 Å². The first kappa shape index (κ1) is 24.2. The minimum Gasteiger partial charge on any atom is -0.361 e. The summed E-state index contributed by atoms with van der Waals surface area (Å²) >= 11 is 0. The summed E-state index contributed by atoms with van der Waals surface area (Å²) in [5.41, 5.74) is 2.05. The standard InChI is InChI=1S/C17H31N5O3S.HI/c1-4-15-14(16(5-2)25-21-15)13-20-17(18-6-3)19-7-8-22-9-11-26(23,24)12-10-22;/h4-13H2,1-3H3,(H2,18,19,20);1H. The molecule has 156 valence electrons. The molecule has 2 N–H and O–H groups in total. The molecule has 0 atom stereocenters. The summed E-state index contributed by atoms with van der Waals surface area (Å²) in [5, 5.41) is 10.7. The fourth-order valence-electron chi connectivity index (χ4n) is 2.92. The molecule has 0 unspecified atom stereocenters. The van der Waals surface area contributed by atoms with Gasteiger partial charge in [0.05, 0.1) is 23.7 Å². The zero-order chi connectivity index (χ0) is 19.0. The summed E-state index contributed by atoms with van der Waals surface area (Å²) in [6, 6.07) is 0. The van der Waals surface area contributed by atoms with Crippen molar-refractivity contribution < 1.29 is 12.9 Å². The molecule has 0 bridgehead atoms. The zero-order valence-corrected chi connectivity index (χ0v) is 19.6. The summed E-state index contributed by atoms with van der Waals surface area (Å²) in [4.78, 5) is 6.83. The first-order valence-corrected chi connectivity index (χ1v) is 11.2. The summed E-state index contributed by atoms with van der Waals surface area (Å²) in [7, 11) is -2.83. The molecule has 1 aliphatic rings. The van der Waals surface area contributed by atoms with Crippen molar-refractivity contribution in [3.8, 4) is 0 Å². The predicted molar refractivity (Wildman–Crippen MR) is 119 cm³/mol. The Labute approximate surface area is 179 Å². The monoisotopic (exact) mass is 513 g/mol. The zero-order valence-electron chi connectivity index (χ0n) is 16.5. The second-order valence-corrected chi connectivity index (χ2v) is 8.66. The highest BCUT2D eigenvalue weighted by atomic mass is 127. The van der Waals surface area contributed by atoms with E-state index in [0.717, 1.165) is 55.5 Å². The van der Waals surface area contributed by atoms with Crippen molar-refractivity contribution in [2.45, 2.75) is 40.2 Å². The van der Waals surface area contributed by atoms with Gasteiger partial charge in [-0.15, -0.1) is 24.0 Å². The van der Waals surface area contributed by atoms with Crippen LogP contribution in [0.4, 0.5) is 0 Å². The summed E-state index contributed by atoms with van der Waals surface area (Å²) in [6.45, 7) is 10.2. The van der Waals surface area contributed by atoms with Crippen LogP contribution in [-0.2, 0) is 29.2 Å². The van der Waals surface area contributed by atoms with E-state index in [0.29, 0.717) is 19.6 Å². The number of aliphatic imine (C=N–C) groups is 1. The Morgan fingerprint density at radius 3 is 2.48 bits per heavy atom. The molecule has 0 aromatic carbocycles. The molecule has 2 rings (SSSR count). The maximum atomic E-state index is 11.5. The number of halogens is 1. The van der Waals surface area contributed by atoms with Gasteiger partial charge in [-0.25, -0.2) is 13.4 Å². The molecule has 8 nitrogen and oxygen atoms in total. The fourth-order valence-corrected chi connectivity index (χ4v) is 4.20. The number of aryl methyl sites for hydroxylation is 2. The van der Waals surface area contributed by atoms with Crippen LogP contribution in [0.1, 0.15) is 37.8 Å². The van der Waals surface area contributed by atoms with Crippen LogP contribution >= 0.6 is 24.0 Å². The molecule has 1 aromatic rings. The van der Waals surface area contributed by atoms with Crippen molar-refractivity contribution in [1.82, 2.24) is 20.7 Å². The number of guanidine groups is 1. The second kappa shape index (κ2) is 11.8. The lowest BCUT2D eigenvalue weighted by Gasteiger charge is -2.26. The Balaban J connectivity index is 0.00000364. The minimum atomic E-state index is -2.83. The Bertz CT molecular complexity index is 670. The largest absolute Gasteiger partial charge is 0.361 e. The summed E-state index contributed by atoms with van der Waals surface area (Å²) in [5.74, 6) is 2.17. The van der Waals surface area contributed by atoms with Gasteiger partial charge in [-0.05, 0) is 13.3 Å². The van der Waals surface area contributed by atoms with Crippen LogP contribution in [0.15, 0.2) is 9.52 Å². The van der Waals surface area contributed by atoms with Gasteiger partial charge in [0.1, 0.15) is 5.76 Å². The number of hydrogen-bond acceptors (Lipinski definition) is 6. The highest BCUT2D eigenvalue weighted by Crippen LogP contribution is 2.16. The molecule has 0 spiro atoms. The smallest absolute Gasteiger partial charge is 0.191 e. The summed E-state index contributed by atoms with van der Waals surface area (Å²) in [6.07, 6.45) is 1.63. The average Bonchev–Trinajstić information content (AvgIpc) is 3.03. The predicted octanol–water partition coefficient (Wildman–Crippen LogP) is 1.20. The van der Waals surface area contributed by atoms with Crippen molar-refractivity contribution in [1.29, 1.82) is 0 Å². The second-order valence-electron chi connectivity index (χ2n) is 6.35. The number of sulfone groups is 1. The number of nitrogens with zero attached hydrogens (tertiary/aromatic N) is 3. The third kappa shape index (κ3) is 7.57. The van der Waals surface area contributed by atoms with Crippen molar-refractivity contribution in [2.24, 2.45) is 4.99 Å². The maximum absolute atomic E-state index is 11.5. The average molecular weight is 513 g/mol. The number of nitrogens with one attached hydrogen (secondary N) is 2. The van der Waals surface area contributed by atoms with E-state index in [1.807, 2.05) is 6.92 Å². The molecule has 1 fully saturated rings. The normalized spacial score (nSPS) is 17.4. The Hall–Kier alpha value is -0.880. The van der Waals surface area contributed by atoms with Gasteiger partial charge in [-0.3, -0.25) is 4.90 Å². The molecule has 27 heavy (non-hydrogen) atoms. The van der Waals surface area contributed by atoms with Crippen LogP contribution in [-0.4, -0.2) is 68.7 Å². The summed E-state index contributed by atoms with van der Waals surface area (Å²) < 4.78 is 28.4. The molecule has 2 heterocycles. The van der Waals surface area contributed by atoms with E-state index in [4.69, 9.17) is 4.52 Å². The SMILES string of the molecule is CCNC(=NCc1c(CC)noc1CC)NCCN1CCS(=O)(=O)CC1.I. The molecule has 10 heteroatoms. The third-order valence-corrected chi connectivity index (χ3v) is 6.11. The Morgan fingerprint density at radius 2 is 1.89 bits per heavy atom. The lowest BCUT2D eigenvalue weighted by atomic mass is 10.1. The van der Waals surface area contributed by atoms with Crippen LogP contribution in [0, 0.1) is 0 Å². The van der Waals surface area contributed by atoms with Gasteiger partial charge in [0.25, 0.3) is 0 Å². The number of rotatable bonds is 8. The van der Waals surface area contributed by atoms with Gasteiger partial charge in [0.2, 0.25) is 0 Å². The minimum absolute atomic E-state index is 0. The van der Waals surface area contributed by atoms with E-state index in [1.165, 1.54) is 0 Å². The van der Waals surface area contributed by atoms with Crippen LogP contribution in [0.2, 0.25) is 0 Å². The number of hydrogen-bond donors (Lipinski definition) is 2.